The summed E-state index contributed by atoms with van der Waals surface area (Å²) in [6.07, 6.45) is 40.6. The monoisotopic (exact) mass is 785 g/mol. The second-order valence-corrected chi connectivity index (χ2v) is 17.2. The van der Waals surface area contributed by atoms with Crippen LogP contribution in [0.25, 0.3) is 0 Å². The van der Waals surface area contributed by atoms with Gasteiger partial charge in [0.2, 0.25) is 0 Å². The van der Waals surface area contributed by atoms with Gasteiger partial charge in [-0.3, -0.25) is 18.6 Å². The Morgan fingerprint density at radius 2 is 1.04 bits per heavy atom. The van der Waals surface area contributed by atoms with Crippen LogP contribution in [-0.4, -0.2) is 74.9 Å². The van der Waals surface area contributed by atoms with Crippen LogP contribution in [0.3, 0.4) is 0 Å². The molecule has 0 fully saturated rings. The molecule has 0 amide bonds. The number of rotatable bonds is 39. The maximum Gasteiger partial charge on any atom is 0.472 e. The van der Waals surface area contributed by atoms with Crippen LogP contribution in [0.2, 0.25) is 0 Å². The molecule has 0 saturated carbocycles. The summed E-state index contributed by atoms with van der Waals surface area (Å²) < 4.78 is 34.2. The first-order chi connectivity index (χ1) is 26.0. The first kappa shape index (κ1) is 52.2. The quantitative estimate of drug-likeness (QED) is 0.0164. The summed E-state index contributed by atoms with van der Waals surface area (Å²) in [5.74, 6) is -0.872. The van der Waals surface area contributed by atoms with E-state index < -0.39 is 32.5 Å². The van der Waals surface area contributed by atoms with Crippen LogP contribution in [0.1, 0.15) is 181 Å². The topological polar surface area (TPSA) is 108 Å². The third-order valence-corrected chi connectivity index (χ3v) is 10.2. The van der Waals surface area contributed by atoms with Gasteiger partial charge in [0, 0.05) is 12.8 Å². The minimum absolute atomic E-state index is 0.0238. The third-order valence-electron chi connectivity index (χ3n) is 9.18. The van der Waals surface area contributed by atoms with E-state index >= 15 is 0 Å². The van der Waals surface area contributed by atoms with Gasteiger partial charge < -0.3 is 18.9 Å². The lowest BCUT2D eigenvalue weighted by molar-refractivity contribution is -0.870. The number of ether oxygens (including phenoxy) is 2. The molecule has 316 valence electrons. The van der Waals surface area contributed by atoms with Crippen LogP contribution in [0.15, 0.2) is 36.5 Å². The van der Waals surface area contributed by atoms with Gasteiger partial charge in [-0.2, -0.15) is 0 Å². The second kappa shape index (κ2) is 36.8. The Kier molecular flexibility index (Phi) is 35.6. The Bertz CT molecular complexity index is 1020. The van der Waals surface area contributed by atoms with Crippen molar-refractivity contribution in [2.75, 3.05) is 47.5 Å². The molecule has 0 aliphatic rings. The Hall–Kier alpha value is -1.77. The van der Waals surface area contributed by atoms with E-state index in [0.29, 0.717) is 23.9 Å². The van der Waals surface area contributed by atoms with Gasteiger partial charge in [-0.1, -0.05) is 153 Å². The van der Waals surface area contributed by atoms with Crippen LogP contribution in [0.5, 0.6) is 0 Å². The number of carbonyl (C=O) groups excluding carboxylic acids is 2. The van der Waals surface area contributed by atoms with Crippen molar-refractivity contribution in [1.29, 1.82) is 0 Å². The van der Waals surface area contributed by atoms with Crippen molar-refractivity contribution in [3.8, 4) is 0 Å². The first-order valence-electron chi connectivity index (χ1n) is 21.7. The summed E-state index contributed by atoms with van der Waals surface area (Å²) in [7, 11) is 1.45. The van der Waals surface area contributed by atoms with Gasteiger partial charge in [-0.25, -0.2) is 4.57 Å². The highest BCUT2D eigenvalue weighted by atomic mass is 31.2. The standard InChI is InChI=1S/C44H82NO8P/c1-6-8-10-12-14-16-18-20-22-24-26-28-30-32-34-36-43(46)50-40-42(41-52-54(48,49)51-39-38-45(3,4)5)53-44(47)37-35-33-31-29-27-25-23-21-19-17-15-13-11-9-7-2/h17,19,21,23,30,32,42H,6-16,18,20,22,24-29,31,33-41H2,1-5H3/p+1/b19-17+,23-21+,32-30+/t42-/m1/s1. The molecule has 2 atom stereocenters. The van der Waals surface area contributed by atoms with E-state index in [9.17, 15) is 19.0 Å². The van der Waals surface area contributed by atoms with Crippen molar-refractivity contribution in [2.24, 2.45) is 0 Å². The van der Waals surface area contributed by atoms with Crippen molar-refractivity contribution in [2.45, 2.75) is 187 Å². The maximum absolute atomic E-state index is 12.7. The molecule has 0 saturated heterocycles. The summed E-state index contributed by atoms with van der Waals surface area (Å²) in [6.45, 7) is 4.34. The smallest absolute Gasteiger partial charge is 0.462 e. The van der Waals surface area contributed by atoms with Gasteiger partial charge >= 0.3 is 19.8 Å². The highest BCUT2D eigenvalue weighted by Gasteiger charge is 2.27. The van der Waals surface area contributed by atoms with E-state index in [2.05, 4.69) is 44.2 Å². The lowest BCUT2D eigenvalue weighted by atomic mass is 10.1. The molecule has 0 aromatic heterocycles. The zero-order valence-electron chi connectivity index (χ0n) is 35.5. The molecule has 0 bridgehead atoms. The minimum atomic E-state index is -4.38. The Labute approximate surface area is 331 Å². The Morgan fingerprint density at radius 1 is 0.574 bits per heavy atom. The van der Waals surface area contributed by atoms with E-state index in [1.165, 1.54) is 89.9 Å². The summed E-state index contributed by atoms with van der Waals surface area (Å²) in [5.41, 5.74) is 0. The van der Waals surface area contributed by atoms with E-state index in [4.69, 9.17) is 18.5 Å². The molecule has 0 rings (SSSR count). The summed E-state index contributed by atoms with van der Waals surface area (Å²) in [4.78, 5) is 35.3. The number of likely N-dealkylation sites (N-methyl/N-ethyl adjacent to an activating group) is 1. The molecule has 0 heterocycles. The van der Waals surface area contributed by atoms with Gasteiger partial charge in [0.25, 0.3) is 0 Å². The van der Waals surface area contributed by atoms with Gasteiger partial charge in [0.05, 0.1) is 27.7 Å². The van der Waals surface area contributed by atoms with E-state index in [-0.39, 0.29) is 26.1 Å². The Morgan fingerprint density at radius 3 is 1.57 bits per heavy atom. The van der Waals surface area contributed by atoms with Crippen LogP contribution < -0.4 is 0 Å². The van der Waals surface area contributed by atoms with Crippen LogP contribution >= 0.6 is 7.82 Å². The number of allylic oxidation sites excluding steroid dienone is 6. The minimum Gasteiger partial charge on any atom is -0.462 e. The summed E-state index contributed by atoms with van der Waals surface area (Å²) in [6, 6.07) is 0. The summed E-state index contributed by atoms with van der Waals surface area (Å²) in [5, 5.41) is 0. The molecule has 1 N–H and O–H groups in total. The second-order valence-electron chi connectivity index (χ2n) is 15.8. The van der Waals surface area contributed by atoms with Crippen molar-refractivity contribution < 1.29 is 42.1 Å². The number of quaternary nitrogens is 1. The number of unbranched alkanes of at least 4 members (excludes halogenated alkanes) is 20. The van der Waals surface area contributed by atoms with Gasteiger partial charge in [0.15, 0.2) is 6.10 Å². The predicted octanol–water partition coefficient (Wildman–Crippen LogP) is 12.1. The number of hydrogen-bond acceptors (Lipinski definition) is 7. The molecule has 0 spiro atoms. The molecule has 0 radical (unpaired) electrons. The van der Waals surface area contributed by atoms with E-state index in [1.807, 2.05) is 27.2 Å². The number of phosphoric acid groups is 1. The van der Waals surface area contributed by atoms with Crippen molar-refractivity contribution >= 4 is 19.8 Å². The molecule has 0 aromatic carbocycles. The van der Waals surface area contributed by atoms with Crippen LogP contribution in [0, 0.1) is 0 Å². The molecule has 54 heavy (non-hydrogen) atoms. The average Bonchev–Trinajstić information content (AvgIpc) is 3.12. The van der Waals surface area contributed by atoms with Crippen molar-refractivity contribution in [3.05, 3.63) is 36.5 Å². The first-order valence-corrected chi connectivity index (χ1v) is 23.2. The highest BCUT2D eigenvalue weighted by molar-refractivity contribution is 7.47. The highest BCUT2D eigenvalue weighted by Crippen LogP contribution is 2.43. The molecule has 1 unspecified atom stereocenters. The fourth-order valence-corrected chi connectivity index (χ4v) is 6.47. The fourth-order valence-electron chi connectivity index (χ4n) is 5.73. The zero-order valence-corrected chi connectivity index (χ0v) is 36.3. The average molecular weight is 785 g/mol. The maximum atomic E-state index is 12.7. The molecular formula is C44H83NO8P+. The van der Waals surface area contributed by atoms with Crippen molar-refractivity contribution in [3.63, 3.8) is 0 Å². The summed E-state index contributed by atoms with van der Waals surface area (Å²) >= 11 is 0. The number of hydrogen-bond donors (Lipinski definition) is 1. The van der Waals surface area contributed by atoms with E-state index in [0.717, 1.165) is 51.4 Å². The predicted molar refractivity (Wildman–Crippen MR) is 224 cm³/mol. The number of esters is 2. The SMILES string of the molecule is CCCCCC/C=C/C=C/CCCCCCCC(=O)O[C@H](COC(=O)CC/C=C/CCCCCCCCCCCCC)COP(=O)(O)OCC[N+](C)(C)C. The molecule has 0 aromatic rings. The largest absolute Gasteiger partial charge is 0.472 e. The lowest BCUT2D eigenvalue weighted by Gasteiger charge is -2.24. The molecule has 9 nitrogen and oxygen atoms in total. The number of phosphoric ester groups is 1. The third kappa shape index (κ3) is 39.9. The van der Waals surface area contributed by atoms with E-state index in [1.54, 1.807) is 0 Å². The van der Waals surface area contributed by atoms with Crippen LogP contribution in [0.4, 0.5) is 0 Å². The van der Waals surface area contributed by atoms with Gasteiger partial charge in [-0.05, 0) is 51.4 Å². The fraction of sp³-hybridized carbons (Fsp3) is 0.818. The number of nitrogens with zero attached hydrogens (tertiary/aromatic N) is 1. The Balaban J connectivity index is 4.44. The van der Waals surface area contributed by atoms with Crippen molar-refractivity contribution in [1.82, 2.24) is 0 Å². The molecule has 0 aliphatic heterocycles. The molecule has 10 heteroatoms. The van der Waals surface area contributed by atoms with Gasteiger partial charge in [0.1, 0.15) is 19.8 Å². The van der Waals surface area contributed by atoms with Gasteiger partial charge in [-0.15, -0.1) is 0 Å². The molecule has 0 aliphatic carbocycles. The molecular weight excluding hydrogens is 701 g/mol. The zero-order chi connectivity index (χ0) is 40.0. The van der Waals surface area contributed by atoms with Crippen LogP contribution in [-0.2, 0) is 32.7 Å². The number of carbonyl (C=O) groups is 2. The lowest BCUT2D eigenvalue weighted by Crippen LogP contribution is -2.37. The normalized spacial score (nSPS) is 14.0.